The lowest BCUT2D eigenvalue weighted by atomic mass is 10.1. The van der Waals surface area contributed by atoms with Crippen LogP contribution in [0, 0.1) is 0 Å². The average molecular weight is 420 g/mol. The van der Waals surface area contributed by atoms with Crippen LogP contribution in [-0.4, -0.2) is 26.5 Å². The van der Waals surface area contributed by atoms with Crippen LogP contribution in [0.3, 0.4) is 0 Å². The summed E-state index contributed by atoms with van der Waals surface area (Å²) in [5.74, 6) is -0.0529. The Morgan fingerprint density at radius 3 is 2.00 bits per heavy atom. The second-order valence-corrected chi connectivity index (χ2v) is 5.51. The maximum atomic E-state index is 12.3. The SMILES string of the molecule is COc1cc(C(=O)Nc2ccc(OC(F)(F)F)cc2)cc(OC)c1Br. The first-order valence-corrected chi connectivity index (χ1v) is 7.61. The van der Waals surface area contributed by atoms with Gasteiger partial charge in [-0.3, -0.25) is 4.79 Å². The first-order chi connectivity index (χ1) is 11.7. The molecule has 0 unspecified atom stereocenters. The fraction of sp³-hybridized carbons (Fsp3) is 0.188. The number of hydrogen-bond acceptors (Lipinski definition) is 4. The summed E-state index contributed by atoms with van der Waals surface area (Å²) in [6.07, 6.45) is -4.77. The van der Waals surface area contributed by atoms with Crippen molar-refractivity contribution in [2.75, 3.05) is 19.5 Å². The molecule has 0 spiro atoms. The second kappa shape index (κ2) is 7.64. The van der Waals surface area contributed by atoms with Crippen molar-refractivity contribution in [2.24, 2.45) is 0 Å². The van der Waals surface area contributed by atoms with E-state index in [0.717, 1.165) is 12.1 Å². The molecule has 134 valence electrons. The van der Waals surface area contributed by atoms with Crippen LogP contribution < -0.4 is 19.5 Å². The zero-order valence-electron chi connectivity index (χ0n) is 13.1. The van der Waals surface area contributed by atoms with Crippen molar-refractivity contribution in [1.82, 2.24) is 0 Å². The third-order valence-corrected chi connectivity index (χ3v) is 3.84. The van der Waals surface area contributed by atoms with Crippen LogP contribution in [0.1, 0.15) is 10.4 Å². The summed E-state index contributed by atoms with van der Waals surface area (Å²) >= 11 is 3.30. The number of benzene rings is 2. The molecule has 0 aromatic heterocycles. The van der Waals surface area contributed by atoms with Crippen LogP contribution in [0.5, 0.6) is 17.2 Å². The highest BCUT2D eigenvalue weighted by Gasteiger charge is 2.31. The van der Waals surface area contributed by atoms with E-state index in [-0.39, 0.29) is 11.3 Å². The fourth-order valence-corrected chi connectivity index (χ4v) is 2.50. The van der Waals surface area contributed by atoms with E-state index in [1.165, 1.54) is 38.5 Å². The number of nitrogens with one attached hydrogen (secondary N) is 1. The van der Waals surface area contributed by atoms with Crippen molar-refractivity contribution >= 4 is 27.5 Å². The van der Waals surface area contributed by atoms with Gasteiger partial charge >= 0.3 is 6.36 Å². The predicted octanol–water partition coefficient (Wildman–Crippen LogP) is 4.62. The molecule has 2 aromatic carbocycles. The Balaban J connectivity index is 2.17. The number of anilines is 1. The molecule has 0 heterocycles. The van der Waals surface area contributed by atoms with Crippen molar-refractivity contribution in [3.63, 3.8) is 0 Å². The van der Waals surface area contributed by atoms with Crippen LogP contribution in [0.2, 0.25) is 0 Å². The minimum atomic E-state index is -4.77. The van der Waals surface area contributed by atoms with Crippen LogP contribution >= 0.6 is 15.9 Å². The average Bonchev–Trinajstić information content (AvgIpc) is 2.55. The van der Waals surface area contributed by atoms with Gasteiger partial charge in [-0.2, -0.15) is 0 Å². The molecule has 0 bridgehead atoms. The van der Waals surface area contributed by atoms with Crippen molar-refractivity contribution in [3.8, 4) is 17.2 Å². The number of amides is 1. The lowest BCUT2D eigenvalue weighted by Gasteiger charge is -2.12. The van der Waals surface area contributed by atoms with E-state index in [1.54, 1.807) is 0 Å². The van der Waals surface area contributed by atoms with Gasteiger partial charge in [-0.1, -0.05) is 0 Å². The van der Waals surface area contributed by atoms with Gasteiger partial charge in [0.1, 0.15) is 21.7 Å². The Morgan fingerprint density at radius 1 is 1.04 bits per heavy atom. The van der Waals surface area contributed by atoms with Gasteiger partial charge in [-0.25, -0.2) is 0 Å². The molecule has 1 amide bonds. The normalized spacial score (nSPS) is 11.0. The maximum Gasteiger partial charge on any atom is 0.573 e. The van der Waals surface area contributed by atoms with Crippen molar-refractivity contribution in [3.05, 3.63) is 46.4 Å². The van der Waals surface area contributed by atoms with Crippen LogP contribution in [0.25, 0.3) is 0 Å². The van der Waals surface area contributed by atoms with E-state index < -0.39 is 12.3 Å². The highest BCUT2D eigenvalue weighted by atomic mass is 79.9. The summed E-state index contributed by atoms with van der Waals surface area (Å²) in [5, 5.41) is 2.57. The van der Waals surface area contributed by atoms with Crippen molar-refractivity contribution in [1.29, 1.82) is 0 Å². The molecule has 0 aliphatic rings. The Morgan fingerprint density at radius 2 is 1.56 bits per heavy atom. The predicted molar refractivity (Wildman–Crippen MR) is 88.3 cm³/mol. The summed E-state index contributed by atoms with van der Waals surface area (Å²) in [6, 6.07) is 7.81. The van der Waals surface area contributed by atoms with Gasteiger partial charge < -0.3 is 19.5 Å². The molecule has 0 saturated carbocycles. The van der Waals surface area contributed by atoms with E-state index in [9.17, 15) is 18.0 Å². The van der Waals surface area contributed by atoms with E-state index in [4.69, 9.17) is 9.47 Å². The van der Waals surface area contributed by atoms with Gasteiger partial charge in [0.25, 0.3) is 5.91 Å². The second-order valence-electron chi connectivity index (χ2n) is 4.72. The number of halogens is 4. The van der Waals surface area contributed by atoms with Gasteiger partial charge in [0, 0.05) is 11.3 Å². The highest BCUT2D eigenvalue weighted by Crippen LogP contribution is 2.35. The fourth-order valence-electron chi connectivity index (χ4n) is 1.94. The van der Waals surface area contributed by atoms with Crippen LogP contribution in [0.15, 0.2) is 40.9 Å². The number of rotatable bonds is 5. The van der Waals surface area contributed by atoms with Gasteiger partial charge in [-0.05, 0) is 52.3 Å². The molecule has 0 fully saturated rings. The maximum absolute atomic E-state index is 12.3. The molecular weight excluding hydrogens is 407 g/mol. The molecule has 25 heavy (non-hydrogen) atoms. The summed E-state index contributed by atoms with van der Waals surface area (Å²) in [5.41, 5.74) is 0.563. The first-order valence-electron chi connectivity index (χ1n) is 6.82. The number of carbonyl (C=O) groups is 1. The van der Waals surface area contributed by atoms with E-state index in [0.29, 0.717) is 21.7 Å². The topological polar surface area (TPSA) is 56.8 Å². The van der Waals surface area contributed by atoms with Crippen LogP contribution in [0.4, 0.5) is 18.9 Å². The largest absolute Gasteiger partial charge is 0.573 e. The van der Waals surface area contributed by atoms with Crippen molar-refractivity contribution in [2.45, 2.75) is 6.36 Å². The molecule has 2 aromatic rings. The van der Waals surface area contributed by atoms with Gasteiger partial charge in [0.2, 0.25) is 0 Å². The van der Waals surface area contributed by atoms with Crippen LogP contribution in [-0.2, 0) is 0 Å². The number of alkyl halides is 3. The Kier molecular flexibility index (Phi) is 5.78. The molecule has 5 nitrogen and oxygen atoms in total. The van der Waals surface area contributed by atoms with E-state index in [2.05, 4.69) is 26.0 Å². The monoisotopic (exact) mass is 419 g/mol. The molecule has 0 radical (unpaired) electrons. The lowest BCUT2D eigenvalue weighted by Crippen LogP contribution is -2.17. The molecule has 2 rings (SSSR count). The number of methoxy groups -OCH3 is 2. The zero-order chi connectivity index (χ0) is 18.6. The van der Waals surface area contributed by atoms with Gasteiger partial charge in [0.05, 0.1) is 14.2 Å². The standard InChI is InChI=1S/C16H13BrF3NO4/c1-23-12-7-9(8-13(24-2)14(12)17)15(22)21-10-3-5-11(6-4-10)25-16(18,19)20/h3-8H,1-2H3,(H,21,22). The molecule has 9 heteroatoms. The van der Waals surface area contributed by atoms with E-state index in [1.807, 2.05) is 0 Å². The summed E-state index contributed by atoms with van der Waals surface area (Å²) in [4.78, 5) is 12.3. The summed E-state index contributed by atoms with van der Waals surface area (Å²) in [7, 11) is 2.89. The highest BCUT2D eigenvalue weighted by molar-refractivity contribution is 9.10. The molecule has 0 aliphatic heterocycles. The third kappa shape index (κ3) is 5.02. The number of carbonyl (C=O) groups excluding carboxylic acids is 1. The number of ether oxygens (including phenoxy) is 3. The minimum Gasteiger partial charge on any atom is -0.495 e. The Labute approximate surface area is 149 Å². The molecule has 0 aliphatic carbocycles. The molecule has 1 N–H and O–H groups in total. The number of hydrogen-bond donors (Lipinski definition) is 1. The third-order valence-electron chi connectivity index (χ3n) is 3.05. The summed E-state index contributed by atoms with van der Waals surface area (Å²) < 4.78 is 51.0. The molecular formula is C16H13BrF3NO4. The molecule has 0 atom stereocenters. The van der Waals surface area contributed by atoms with Crippen molar-refractivity contribution < 1.29 is 32.2 Å². The summed E-state index contributed by atoms with van der Waals surface area (Å²) in [6.45, 7) is 0. The lowest BCUT2D eigenvalue weighted by molar-refractivity contribution is -0.274. The zero-order valence-corrected chi connectivity index (χ0v) is 14.7. The van der Waals surface area contributed by atoms with Gasteiger partial charge in [0.15, 0.2) is 0 Å². The smallest absolute Gasteiger partial charge is 0.495 e. The minimum absolute atomic E-state index is 0.257. The first kappa shape index (κ1) is 18.9. The van der Waals surface area contributed by atoms with Gasteiger partial charge in [-0.15, -0.1) is 13.2 Å². The van der Waals surface area contributed by atoms with E-state index >= 15 is 0 Å². The quantitative estimate of drug-likeness (QED) is 0.768. The Hall–Kier alpha value is -2.42. The Bertz CT molecular complexity index is 738. The molecule has 0 saturated heterocycles.